The summed E-state index contributed by atoms with van der Waals surface area (Å²) in [5, 5.41) is 1.88. The van der Waals surface area contributed by atoms with E-state index in [1.807, 2.05) is 67.8 Å². The van der Waals surface area contributed by atoms with Crippen molar-refractivity contribution < 1.29 is 14.3 Å². The van der Waals surface area contributed by atoms with E-state index in [9.17, 15) is 9.59 Å². The van der Waals surface area contributed by atoms with Crippen molar-refractivity contribution in [3.8, 4) is 10.4 Å². The van der Waals surface area contributed by atoms with Crippen LogP contribution < -0.4 is 0 Å². The average molecular weight is 364 g/mol. The Morgan fingerprint density at radius 1 is 0.923 bits per heavy atom. The molecule has 132 valence electrons. The van der Waals surface area contributed by atoms with Crippen LogP contribution in [0.4, 0.5) is 0 Å². The number of hydrogen-bond donors (Lipinski definition) is 0. The Morgan fingerprint density at radius 3 is 2.08 bits per heavy atom. The van der Waals surface area contributed by atoms with Gasteiger partial charge in [-0.2, -0.15) is 0 Å². The number of ether oxygens (including phenoxy) is 1. The molecule has 0 fully saturated rings. The quantitative estimate of drug-likeness (QED) is 0.459. The van der Waals surface area contributed by atoms with Crippen LogP contribution in [-0.2, 0) is 11.2 Å². The molecule has 0 amide bonds. The first-order valence-electron chi connectivity index (χ1n) is 8.35. The molecule has 26 heavy (non-hydrogen) atoms. The molecule has 0 atom stereocenters. The monoisotopic (exact) mass is 364 g/mol. The smallest absolute Gasteiger partial charge is 0.339 e. The summed E-state index contributed by atoms with van der Waals surface area (Å²) in [4.78, 5) is 25.9. The predicted octanol–water partition coefficient (Wildman–Crippen LogP) is 5.24. The van der Waals surface area contributed by atoms with Crippen molar-refractivity contribution in [3.05, 3.63) is 81.7 Å². The lowest BCUT2D eigenvalue weighted by Gasteiger charge is -2.07. The number of thiophene rings is 1. The van der Waals surface area contributed by atoms with Crippen LogP contribution in [-0.4, -0.2) is 18.9 Å². The third-order valence-corrected chi connectivity index (χ3v) is 5.37. The number of ketones is 1. The highest BCUT2D eigenvalue weighted by Crippen LogP contribution is 2.34. The summed E-state index contributed by atoms with van der Waals surface area (Å²) < 4.78 is 4.98. The number of methoxy groups -OCH3 is 1. The lowest BCUT2D eigenvalue weighted by atomic mass is 9.98. The van der Waals surface area contributed by atoms with E-state index in [0.717, 1.165) is 21.6 Å². The maximum absolute atomic E-state index is 12.6. The fourth-order valence-electron chi connectivity index (χ4n) is 2.78. The molecule has 0 aliphatic heterocycles. The summed E-state index contributed by atoms with van der Waals surface area (Å²) in [6, 6.07) is 15.5. The molecule has 0 radical (unpaired) electrons. The van der Waals surface area contributed by atoms with Gasteiger partial charge in [0, 0.05) is 16.9 Å². The Morgan fingerprint density at radius 2 is 1.50 bits per heavy atom. The molecule has 0 unspecified atom stereocenters. The second kappa shape index (κ2) is 7.67. The maximum atomic E-state index is 12.6. The van der Waals surface area contributed by atoms with E-state index < -0.39 is 5.97 Å². The van der Waals surface area contributed by atoms with Gasteiger partial charge in [-0.25, -0.2) is 4.79 Å². The minimum Gasteiger partial charge on any atom is -0.465 e. The first kappa shape index (κ1) is 18.1. The van der Waals surface area contributed by atoms with Gasteiger partial charge in [0.25, 0.3) is 0 Å². The van der Waals surface area contributed by atoms with Crippen LogP contribution in [0.5, 0.6) is 0 Å². The van der Waals surface area contributed by atoms with Gasteiger partial charge >= 0.3 is 5.97 Å². The molecule has 1 heterocycles. The Labute approximate surface area is 157 Å². The summed E-state index contributed by atoms with van der Waals surface area (Å²) in [5.41, 5.74) is 5.06. The van der Waals surface area contributed by atoms with Gasteiger partial charge in [0.1, 0.15) is 0 Å². The zero-order valence-electron chi connectivity index (χ0n) is 15.0. The SMILES string of the molecule is COC(=O)c1c(CC(=O)c2ccc(C)cc2)csc1-c1ccc(C)cc1. The molecule has 4 heteroatoms. The first-order valence-corrected chi connectivity index (χ1v) is 9.23. The number of benzene rings is 2. The molecule has 0 bridgehead atoms. The molecule has 0 saturated heterocycles. The van der Waals surface area contributed by atoms with Crippen molar-refractivity contribution in [1.29, 1.82) is 0 Å². The highest BCUT2D eigenvalue weighted by Gasteiger charge is 2.22. The van der Waals surface area contributed by atoms with Crippen molar-refractivity contribution in [2.75, 3.05) is 7.11 Å². The van der Waals surface area contributed by atoms with Gasteiger partial charge in [-0.1, -0.05) is 59.7 Å². The Kier molecular flexibility index (Phi) is 5.33. The fraction of sp³-hybridized carbons (Fsp3) is 0.182. The molecule has 3 nitrogen and oxygen atoms in total. The number of carbonyl (C=O) groups excluding carboxylic acids is 2. The van der Waals surface area contributed by atoms with E-state index in [0.29, 0.717) is 16.7 Å². The molecule has 0 spiro atoms. The lowest BCUT2D eigenvalue weighted by molar-refractivity contribution is 0.0601. The van der Waals surface area contributed by atoms with Gasteiger partial charge in [0.2, 0.25) is 0 Å². The van der Waals surface area contributed by atoms with Gasteiger partial charge in [-0.15, -0.1) is 11.3 Å². The zero-order chi connectivity index (χ0) is 18.7. The summed E-state index contributed by atoms with van der Waals surface area (Å²) >= 11 is 1.47. The van der Waals surface area contributed by atoms with Crippen LogP contribution in [0.3, 0.4) is 0 Å². The minimum absolute atomic E-state index is 0.0107. The molecule has 0 N–H and O–H groups in total. The molecular weight excluding hydrogens is 344 g/mol. The molecule has 1 aromatic heterocycles. The average Bonchev–Trinajstić information content (AvgIpc) is 3.05. The largest absolute Gasteiger partial charge is 0.465 e. The normalized spacial score (nSPS) is 10.6. The third kappa shape index (κ3) is 3.75. The maximum Gasteiger partial charge on any atom is 0.339 e. The molecular formula is C22H20O3S. The van der Waals surface area contributed by atoms with E-state index in [1.165, 1.54) is 18.4 Å². The van der Waals surface area contributed by atoms with E-state index in [-0.39, 0.29) is 12.2 Å². The topological polar surface area (TPSA) is 43.4 Å². The Hall–Kier alpha value is -2.72. The number of esters is 1. The van der Waals surface area contributed by atoms with Crippen molar-refractivity contribution in [2.24, 2.45) is 0 Å². The molecule has 0 saturated carbocycles. The minimum atomic E-state index is -0.409. The highest BCUT2D eigenvalue weighted by molar-refractivity contribution is 7.14. The molecule has 0 aliphatic carbocycles. The molecule has 3 aromatic rings. The standard InChI is InChI=1S/C22H20O3S/c1-14-4-8-16(9-5-14)19(23)12-18-13-26-21(20(18)22(24)25-3)17-10-6-15(2)7-11-17/h4-11,13H,12H2,1-3H3. The lowest BCUT2D eigenvalue weighted by Crippen LogP contribution is -2.09. The summed E-state index contributed by atoms with van der Waals surface area (Å²) in [5.74, 6) is -0.419. The van der Waals surface area contributed by atoms with Crippen LogP contribution >= 0.6 is 11.3 Å². The van der Waals surface area contributed by atoms with Crippen LogP contribution in [0.25, 0.3) is 10.4 Å². The Bertz CT molecular complexity index is 935. The summed E-state index contributed by atoms with van der Waals surface area (Å²) in [6.07, 6.45) is 0.176. The molecule has 0 aliphatic rings. The van der Waals surface area contributed by atoms with Crippen molar-refractivity contribution in [3.63, 3.8) is 0 Å². The van der Waals surface area contributed by atoms with Crippen molar-refractivity contribution >= 4 is 23.1 Å². The fourth-order valence-corrected chi connectivity index (χ4v) is 3.85. The van der Waals surface area contributed by atoms with Gasteiger partial charge < -0.3 is 4.74 Å². The number of carbonyl (C=O) groups is 2. The number of aryl methyl sites for hydroxylation is 2. The van der Waals surface area contributed by atoms with E-state index in [1.54, 1.807) is 0 Å². The predicted molar refractivity (Wildman–Crippen MR) is 105 cm³/mol. The number of rotatable bonds is 5. The van der Waals surface area contributed by atoms with Crippen LogP contribution in [0.1, 0.15) is 37.4 Å². The molecule has 3 rings (SSSR count). The first-order chi connectivity index (χ1) is 12.5. The third-order valence-electron chi connectivity index (χ3n) is 4.30. The van der Waals surface area contributed by atoms with E-state index in [4.69, 9.17) is 4.74 Å². The summed E-state index contributed by atoms with van der Waals surface area (Å²) in [6.45, 7) is 4.00. The van der Waals surface area contributed by atoms with Gasteiger partial charge in [0.15, 0.2) is 5.78 Å². The second-order valence-electron chi connectivity index (χ2n) is 6.29. The van der Waals surface area contributed by atoms with Crippen LogP contribution in [0.2, 0.25) is 0 Å². The highest BCUT2D eigenvalue weighted by atomic mass is 32.1. The summed E-state index contributed by atoms with van der Waals surface area (Å²) in [7, 11) is 1.37. The number of hydrogen-bond acceptors (Lipinski definition) is 4. The number of Topliss-reactive ketones (excluding diaryl/α,β-unsaturated/α-hetero) is 1. The van der Waals surface area contributed by atoms with E-state index in [2.05, 4.69) is 0 Å². The van der Waals surface area contributed by atoms with Gasteiger partial charge in [-0.3, -0.25) is 4.79 Å². The second-order valence-corrected chi connectivity index (χ2v) is 7.17. The van der Waals surface area contributed by atoms with Gasteiger partial charge in [-0.05, 0) is 30.4 Å². The zero-order valence-corrected chi connectivity index (χ0v) is 15.9. The van der Waals surface area contributed by atoms with Crippen molar-refractivity contribution in [2.45, 2.75) is 20.3 Å². The van der Waals surface area contributed by atoms with E-state index >= 15 is 0 Å². The Balaban J connectivity index is 1.96. The van der Waals surface area contributed by atoms with Crippen LogP contribution in [0, 0.1) is 13.8 Å². The van der Waals surface area contributed by atoms with Crippen LogP contribution in [0.15, 0.2) is 53.9 Å². The van der Waals surface area contributed by atoms with Gasteiger partial charge in [0.05, 0.1) is 12.7 Å². The van der Waals surface area contributed by atoms with Crippen molar-refractivity contribution in [1.82, 2.24) is 0 Å². The molecule has 2 aromatic carbocycles.